The van der Waals surface area contributed by atoms with E-state index in [-0.39, 0.29) is 17.5 Å². The van der Waals surface area contributed by atoms with E-state index in [2.05, 4.69) is 16.3 Å². The summed E-state index contributed by atoms with van der Waals surface area (Å²) in [6.07, 6.45) is 1.96. The van der Waals surface area contributed by atoms with E-state index >= 15 is 0 Å². The molecule has 1 aliphatic rings. The number of fused-ring (bicyclic) bond motifs is 1. The number of anilines is 1. The van der Waals surface area contributed by atoms with Crippen LogP contribution in [0.3, 0.4) is 0 Å². The van der Waals surface area contributed by atoms with Crippen molar-refractivity contribution >= 4 is 23.4 Å². The van der Waals surface area contributed by atoms with Crippen LogP contribution in [-0.4, -0.2) is 33.0 Å². The van der Waals surface area contributed by atoms with Gasteiger partial charge in [0.15, 0.2) is 11.0 Å². The zero-order chi connectivity index (χ0) is 21.9. The number of amides is 1. The molecule has 0 unspecified atom stereocenters. The van der Waals surface area contributed by atoms with Crippen LogP contribution < -0.4 is 4.90 Å². The second kappa shape index (κ2) is 8.96. The molecular weight excluding hydrogens is 423 g/mol. The molecule has 7 heteroatoms. The Labute approximate surface area is 189 Å². The lowest BCUT2D eigenvalue weighted by Crippen LogP contribution is -2.36. The molecule has 0 radical (unpaired) electrons. The molecule has 5 nitrogen and oxygen atoms in total. The third-order valence-corrected chi connectivity index (χ3v) is 6.40. The Morgan fingerprint density at radius 1 is 0.938 bits per heavy atom. The molecule has 4 aromatic rings. The van der Waals surface area contributed by atoms with Gasteiger partial charge < -0.3 is 4.90 Å². The average Bonchev–Trinajstić information content (AvgIpc) is 3.27. The van der Waals surface area contributed by atoms with Gasteiger partial charge in [-0.25, -0.2) is 4.39 Å². The second-order valence-electron chi connectivity index (χ2n) is 7.55. The van der Waals surface area contributed by atoms with Crippen molar-refractivity contribution in [1.82, 2.24) is 14.8 Å². The lowest BCUT2D eigenvalue weighted by Gasteiger charge is -2.29. The Bertz CT molecular complexity index is 1240. The highest BCUT2D eigenvalue weighted by atomic mass is 32.2. The summed E-state index contributed by atoms with van der Waals surface area (Å²) in [5.41, 5.74) is 3.85. The number of hydrogen-bond donors (Lipinski definition) is 0. The Hall–Kier alpha value is -3.45. The minimum Gasteiger partial charge on any atom is -0.311 e. The molecule has 0 N–H and O–H groups in total. The maximum atomic E-state index is 13.4. The molecule has 0 bridgehead atoms. The van der Waals surface area contributed by atoms with E-state index in [0.717, 1.165) is 36.3 Å². The van der Waals surface area contributed by atoms with E-state index in [4.69, 9.17) is 0 Å². The number of para-hydroxylation sites is 2. The monoisotopic (exact) mass is 444 g/mol. The van der Waals surface area contributed by atoms with Crippen LogP contribution in [0.25, 0.3) is 17.1 Å². The molecule has 32 heavy (non-hydrogen) atoms. The van der Waals surface area contributed by atoms with Gasteiger partial charge in [0.25, 0.3) is 0 Å². The van der Waals surface area contributed by atoms with Gasteiger partial charge in [0.2, 0.25) is 5.91 Å². The van der Waals surface area contributed by atoms with Crippen LogP contribution >= 0.6 is 11.8 Å². The minimum absolute atomic E-state index is 0.0492. The molecule has 0 aliphatic carbocycles. The van der Waals surface area contributed by atoms with Crippen molar-refractivity contribution in [2.24, 2.45) is 0 Å². The Morgan fingerprint density at radius 3 is 2.50 bits per heavy atom. The number of halogens is 1. The van der Waals surface area contributed by atoms with Gasteiger partial charge in [-0.15, -0.1) is 10.2 Å². The third-order valence-electron chi connectivity index (χ3n) is 5.49. The van der Waals surface area contributed by atoms with Crippen molar-refractivity contribution in [3.8, 4) is 17.1 Å². The van der Waals surface area contributed by atoms with Crippen molar-refractivity contribution < 1.29 is 9.18 Å². The van der Waals surface area contributed by atoms with Gasteiger partial charge in [-0.2, -0.15) is 0 Å². The van der Waals surface area contributed by atoms with E-state index in [0.29, 0.717) is 11.0 Å². The van der Waals surface area contributed by atoms with Crippen LogP contribution in [0.1, 0.15) is 12.0 Å². The van der Waals surface area contributed by atoms with Gasteiger partial charge in [-0.05, 0) is 60.9 Å². The first-order valence-corrected chi connectivity index (χ1v) is 11.5. The lowest BCUT2D eigenvalue weighted by molar-refractivity contribution is -0.116. The normalized spacial score (nSPS) is 13.1. The zero-order valence-electron chi connectivity index (χ0n) is 17.3. The first-order valence-electron chi connectivity index (χ1n) is 10.5. The number of carbonyl (C=O) groups excluding carboxylic acids is 1. The molecule has 5 rings (SSSR count). The zero-order valence-corrected chi connectivity index (χ0v) is 18.1. The molecule has 1 aromatic heterocycles. The Balaban J connectivity index is 1.43. The van der Waals surface area contributed by atoms with E-state index < -0.39 is 0 Å². The first kappa shape index (κ1) is 20.5. The van der Waals surface area contributed by atoms with Gasteiger partial charge in [0.1, 0.15) is 5.82 Å². The molecule has 160 valence electrons. The largest absolute Gasteiger partial charge is 0.311 e. The number of benzene rings is 3. The smallest absolute Gasteiger partial charge is 0.237 e. The molecule has 2 heterocycles. The summed E-state index contributed by atoms with van der Waals surface area (Å²) in [6.45, 7) is 0.725. The van der Waals surface area contributed by atoms with Crippen LogP contribution in [0.2, 0.25) is 0 Å². The number of aryl methyl sites for hydroxylation is 1. The van der Waals surface area contributed by atoms with Crippen LogP contribution in [0.5, 0.6) is 0 Å². The Morgan fingerprint density at radius 2 is 1.69 bits per heavy atom. The predicted octanol–water partition coefficient (Wildman–Crippen LogP) is 5.14. The van der Waals surface area contributed by atoms with Crippen molar-refractivity contribution in [2.75, 3.05) is 17.2 Å². The van der Waals surface area contributed by atoms with Crippen LogP contribution in [0.15, 0.2) is 84.0 Å². The fourth-order valence-electron chi connectivity index (χ4n) is 3.96. The molecule has 0 fully saturated rings. The molecule has 1 amide bonds. The topological polar surface area (TPSA) is 51.0 Å². The maximum Gasteiger partial charge on any atom is 0.237 e. The number of rotatable bonds is 5. The van der Waals surface area contributed by atoms with E-state index in [9.17, 15) is 9.18 Å². The molecule has 0 saturated carbocycles. The standard InChI is InChI=1S/C25H21FN4OS/c26-20-14-12-19(13-15-20)24-27-28-25(30(24)21-9-2-1-3-10-21)32-17-23(31)29-16-6-8-18-7-4-5-11-22(18)29/h1-5,7,9-15H,6,8,16-17H2. The number of nitrogens with zero attached hydrogens (tertiary/aromatic N) is 4. The number of aromatic nitrogens is 3. The van der Waals surface area contributed by atoms with Crippen molar-refractivity contribution in [1.29, 1.82) is 0 Å². The lowest BCUT2D eigenvalue weighted by atomic mass is 10.0. The fourth-order valence-corrected chi connectivity index (χ4v) is 4.78. The molecular formula is C25H21FN4OS. The highest BCUT2D eigenvalue weighted by Crippen LogP contribution is 2.30. The number of hydrogen-bond acceptors (Lipinski definition) is 4. The SMILES string of the molecule is O=C(CSc1nnc(-c2ccc(F)cc2)n1-c1ccccc1)N1CCCc2ccccc21. The summed E-state index contributed by atoms with van der Waals surface area (Å²) in [4.78, 5) is 15.0. The first-order chi connectivity index (χ1) is 15.7. The predicted molar refractivity (Wildman–Crippen MR) is 125 cm³/mol. The summed E-state index contributed by atoms with van der Waals surface area (Å²) < 4.78 is 15.3. The van der Waals surface area contributed by atoms with Crippen LogP contribution in [-0.2, 0) is 11.2 Å². The van der Waals surface area contributed by atoms with E-state index in [1.54, 1.807) is 12.1 Å². The summed E-state index contributed by atoms with van der Waals surface area (Å²) >= 11 is 1.36. The maximum absolute atomic E-state index is 13.4. The third kappa shape index (κ3) is 4.03. The average molecular weight is 445 g/mol. The van der Waals surface area contributed by atoms with Crippen molar-refractivity contribution in [3.63, 3.8) is 0 Å². The van der Waals surface area contributed by atoms with Crippen LogP contribution in [0.4, 0.5) is 10.1 Å². The fraction of sp³-hybridized carbons (Fsp3) is 0.160. The molecule has 1 aliphatic heterocycles. The Kier molecular flexibility index (Phi) is 5.73. The molecule has 0 saturated heterocycles. The summed E-state index contributed by atoms with van der Waals surface area (Å²) in [7, 11) is 0. The van der Waals surface area contributed by atoms with E-state index in [1.165, 1.54) is 29.5 Å². The minimum atomic E-state index is -0.304. The quantitative estimate of drug-likeness (QED) is 0.400. The second-order valence-corrected chi connectivity index (χ2v) is 8.49. The highest BCUT2D eigenvalue weighted by Gasteiger charge is 2.24. The number of carbonyl (C=O) groups is 1. The highest BCUT2D eigenvalue weighted by molar-refractivity contribution is 7.99. The van der Waals surface area contributed by atoms with Gasteiger partial charge >= 0.3 is 0 Å². The molecule has 3 aromatic carbocycles. The summed E-state index contributed by atoms with van der Waals surface area (Å²) in [5.74, 6) is 0.604. The van der Waals surface area contributed by atoms with E-state index in [1.807, 2.05) is 58.0 Å². The van der Waals surface area contributed by atoms with Gasteiger partial charge in [-0.1, -0.05) is 48.2 Å². The van der Waals surface area contributed by atoms with Gasteiger partial charge in [0, 0.05) is 23.5 Å². The summed E-state index contributed by atoms with van der Waals surface area (Å²) in [5, 5.41) is 9.35. The van der Waals surface area contributed by atoms with Gasteiger partial charge in [-0.3, -0.25) is 9.36 Å². The van der Waals surface area contributed by atoms with Crippen LogP contribution in [0, 0.1) is 5.82 Å². The van der Waals surface area contributed by atoms with Crippen molar-refractivity contribution in [3.05, 3.63) is 90.2 Å². The molecule has 0 atom stereocenters. The molecule has 0 spiro atoms. The summed E-state index contributed by atoms with van der Waals surface area (Å²) in [6, 6.07) is 24.0. The van der Waals surface area contributed by atoms with Crippen molar-refractivity contribution in [2.45, 2.75) is 18.0 Å². The number of thioether (sulfide) groups is 1. The van der Waals surface area contributed by atoms with Gasteiger partial charge in [0.05, 0.1) is 5.75 Å².